The van der Waals surface area contributed by atoms with Gasteiger partial charge in [0, 0.05) is 54.6 Å². The molecule has 1 aliphatic rings. The fourth-order valence-electron chi connectivity index (χ4n) is 4.32. The molecule has 0 atom stereocenters. The van der Waals surface area contributed by atoms with Gasteiger partial charge in [0.05, 0.1) is 18.7 Å². The molecule has 152 valence electrons. The second-order valence-corrected chi connectivity index (χ2v) is 7.82. The first-order valence-corrected chi connectivity index (χ1v) is 10.4. The molecule has 0 radical (unpaired) electrons. The van der Waals surface area contributed by atoms with Crippen LogP contribution in [0.15, 0.2) is 66.9 Å². The van der Waals surface area contributed by atoms with E-state index in [4.69, 9.17) is 10.5 Å². The predicted octanol–water partition coefficient (Wildman–Crippen LogP) is 3.94. The third-order valence-electron chi connectivity index (χ3n) is 5.95. The fraction of sp³-hybridized carbons (Fsp3) is 0.240. The van der Waals surface area contributed by atoms with E-state index in [0.29, 0.717) is 5.69 Å². The molecule has 5 nitrogen and oxygen atoms in total. The van der Waals surface area contributed by atoms with Gasteiger partial charge in [-0.1, -0.05) is 48.5 Å². The van der Waals surface area contributed by atoms with Crippen LogP contribution < -0.4 is 5.73 Å². The third-order valence-corrected chi connectivity index (χ3v) is 5.95. The van der Waals surface area contributed by atoms with Gasteiger partial charge in [-0.25, -0.2) is 0 Å². The Labute approximate surface area is 175 Å². The number of aromatic nitrogens is 1. The second kappa shape index (κ2) is 7.94. The maximum Gasteiger partial charge on any atom is 0.195 e. The Morgan fingerprint density at radius 2 is 1.70 bits per heavy atom. The number of carbonyl (C=O) groups excluding carboxylic acids is 1. The predicted molar refractivity (Wildman–Crippen MR) is 121 cm³/mol. The minimum atomic E-state index is 0.0479. The van der Waals surface area contributed by atoms with Crippen LogP contribution in [0.1, 0.15) is 15.9 Å². The van der Waals surface area contributed by atoms with Crippen LogP contribution in [0.25, 0.3) is 21.7 Å². The van der Waals surface area contributed by atoms with E-state index in [1.54, 1.807) is 0 Å². The molecule has 5 heteroatoms. The van der Waals surface area contributed by atoms with Gasteiger partial charge in [-0.3, -0.25) is 9.69 Å². The summed E-state index contributed by atoms with van der Waals surface area (Å²) in [5.74, 6) is 0.0479. The smallest absolute Gasteiger partial charge is 0.195 e. The van der Waals surface area contributed by atoms with Crippen molar-refractivity contribution in [1.29, 1.82) is 0 Å². The van der Waals surface area contributed by atoms with E-state index in [9.17, 15) is 4.79 Å². The summed E-state index contributed by atoms with van der Waals surface area (Å²) in [6.45, 7) is 5.19. The average molecular weight is 399 g/mol. The van der Waals surface area contributed by atoms with Crippen LogP contribution in [0.3, 0.4) is 0 Å². The molecule has 30 heavy (non-hydrogen) atoms. The quantitative estimate of drug-likeness (QED) is 0.408. The van der Waals surface area contributed by atoms with Crippen molar-refractivity contribution >= 4 is 33.1 Å². The normalized spacial score (nSPS) is 15.1. The summed E-state index contributed by atoms with van der Waals surface area (Å²) < 4.78 is 7.61. The van der Waals surface area contributed by atoms with E-state index in [1.807, 2.05) is 66.9 Å². The zero-order valence-corrected chi connectivity index (χ0v) is 16.9. The number of hydrogen-bond donors (Lipinski definition) is 1. The fourth-order valence-corrected chi connectivity index (χ4v) is 4.32. The third kappa shape index (κ3) is 3.47. The number of fused-ring (bicyclic) bond motifs is 2. The molecular formula is C25H25N3O2. The van der Waals surface area contributed by atoms with Gasteiger partial charge in [0.1, 0.15) is 0 Å². The second-order valence-electron chi connectivity index (χ2n) is 7.82. The van der Waals surface area contributed by atoms with Gasteiger partial charge in [0.25, 0.3) is 0 Å². The van der Waals surface area contributed by atoms with Crippen LogP contribution >= 0.6 is 0 Å². The zero-order chi connectivity index (χ0) is 20.5. The number of ketones is 1. The van der Waals surface area contributed by atoms with E-state index in [1.165, 1.54) is 0 Å². The SMILES string of the molecule is Nc1ccc2c(C(=O)c3cccc4ccccc34)cn(CCN3CCOCC3)c2c1. The summed E-state index contributed by atoms with van der Waals surface area (Å²) >= 11 is 0. The van der Waals surface area contributed by atoms with E-state index < -0.39 is 0 Å². The van der Waals surface area contributed by atoms with Gasteiger partial charge in [-0.15, -0.1) is 0 Å². The van der Waals surface area contributed by atoms with Crippen molar-refractivity contribution in [3.8, 4) is 0 Å². The van der Waals surface area contributed by atoms with Crippen LogP contribution in [0, 0.1) is 0 Å². The molecule has 0 saturated carbocycles. The lowest BCUT2D eigenvalue weighted by atomic mass is 9.97. The monoisotopic (exact) mass is 399 g/mol. The molecule has 2 N–H and O–H groups in total. The first-order chi connectivity index (χ1) is 14.7. The Hall–Kier alpha value is -3.15. The number of benzene rings is 3. The Morgan fingerprint density at radius 1 is 0.900 bits per heavy atom. The highest BCUT2D eigenvalue weighted by Crippen LogP contribution is 2.28. The van der Waals surface area contributed by atoms with Gasteiger partial charge in [-0.2, -0.15) is 0 Å². The summed E-state index contributed by atoms with van der Waals surface area (Å²) in [4.78, 5) is 16.0. The van der Waals surface area contributed by atoms with Crippen LogP contribution in [0.4, 0.5) is 5.69 Å². The number of nitrogens with two attached hydrogens (primary N) is 1. The molecule has 0 bridgehead atoms. The number of nitrogen functional groups attached to an aromatic ring is 1. The molecular weight excluding hydrogens is 374 g/mol. The maximum atomic E-state index is 13.6. The van der Waals surface area contributed by atoms with Crippen LogP contribution in [-0.2, 0) is 11.3 Å². The number of carbonyl (C=O) groups is 1. The average Bonchev–Trinajstić information content (AvgIpc) is 3.15. The summed E-state index contributed by atoms with van der Waals surface area (Å²) in [5.41, 5.74) is 9.25. The molecule has 1 fully saturated rings. The maximum absolute atomic E-state index is 13.6. The van der Waals surface area contributed by atoms with Crippen molar-refractivity contribution in [2.75, 3.05) is 38.6 Å². The number of ether oxygens (including phenoxy) is 1. The number of nitrogens with zero attached hydrogens (tertiary/aromatic N) is 2. The summed E-state index contributed by atoms with van der Waals surface area (Å²) in [7, 11) is 0. The topological polar surface area (TPSA) is 60.5 Å². The highest BCUT2D eigenvalue weighted by Gasteiger charge is 2.19. The van der Waals surface area contributed by atoms with E-state index in [-0.39, 0.29) is 5.78 Å². The van der Waals surface area contributed by atoms with E-state index >= 15 is 0 Å². The van der Waals surface area contributed by atoms with Crippen molar-refractivity contribution in [1.82, 2.24) is 9.47 Å². The summed E-state index contributed by atoms with van der Waals surface area (Å²) in [5, 5.41) is 3.00. The van der Waals surface area contributed by atoms with Crippen molar-refractivity contribution in [2.24, 2.45) is 0 Å². The Bertz CT molecular complexity index is 1220. The van der Waals surface area contributed by atoms with Gasteiger partial charge in [-0.05, 0) is 22.9 Å². The summed E-state index contributed by atoms with van der Waals surface area (Å²) in [6, 6.07) is 19.7. The molecule has 3 aromatic carbocycles. The van der Waals surface area contributed by atoms with E-state index in [0.717, 1.165) is 72.2 Å². The number of anilines is 1. The molecule has 1 saturated heterocycles. The Kier molecular flexibility index (Phi) is 4.99. The van der Waals surface area contributed by atoms with Crippen molar-refractivity contribution < 1.29 is 9.53 Å². The Morgan fingerprint density at radius 3 is 2.57 bits per heavy atom. The molecule has 0 amide bonds. The Balaban J connectivity index is 1.54. The molecule has 0 aliphatic carbocycles. The number of rotatable bonds is 5. The van der Waals surface area contributed by atoms with Crippen LogP contribution in [0.2, 0.25) is 0 Å². The highest BCUT2D eigenvalue weighted by atomic mass is 16.5. The zero-order valence-electron chi connectivity index (χ0n) is 16.9. The first-order valence-electron chi connectivity index (χ1n) is 10.4. The largest absolute Gasteiger partial charge is 0.399 e. The van der Waals surface area contributed by atoms with Gasteiger partial charge >= 0.3 is 0 Å². The van der Waals surface area contributed by atoms with Gasteiger partial charge in [0.15, 0.2) is 5.78 Å². The summed E-state index contributed by atoms with van der Waals surface area (Å²) in [6.07, 6.45) is 1.99. The lowest BCUT2D eigenvalue weighted by Crippen LogP contribution is -2.38. The molecule has 4 aromatic rings. The van der Waals surface area contributed by atoms with Gasteiger partial charge in [0.2, 0.25) is 0 Å². The standard InChI is InChI=1S/C25H25N3O2/c26-19-8-9-21-23(25(29)22-7-3-5-18-4-1-2-6-20(18)22)17-28(24(21)16-19)11-10-27-12-14-30-15-13-27/h1-9,16-17H,10-15,26H2. The molecule has 0 unspecified atom stereocenters. The minimum absolute atomic E-state index is 0.0479. The van der Waals surface area contributed by atoms with Gasteiger partial charge < -0.3 is 15.0 Å². The van der Waals surface area contributed by atoms with Crippen molar-refractivity contribution in [3.63, 3.8) is 0 Å². The lowest BCUT2D eigenvalue weighted by Gasteiger charge is -2.26. The van der Waals surface area contributed by atoms with E-state index in [2.05, 4.69) is 9.47 Å². The van der Waals surface area contributed by atoms with Crippen molar-refractivity contribution in [2.45, 2.75) is 6.54 Å². The number of morpholine rings is 1. The lowest BCUT2D eigenvalue weighted by molar-refractivity contribution is 0.0365. The first kappa shape index (κ1) is 18.9. The minimum Gasteiger partial charge on any atom is -0.399 e. The molecule has 2 heterocycles. The molecule has 5 rings (SSSR count). The highest BCUT2D eigenvalue weighted by molar-refractivity contribution is 6.21. The molecule has 1 aromatic heterocycles. The van der Waals surface area contributed by atoms with Crippen LogP contribution in [0.5, 0.6) is 0 Å². The number of hydrogen-bond acceptors (Lipinski definition) is 4. The molecule has 0 spiro atoms. The van der Waals surface area contributed by atoms with Crippen LogP contribution in [-0.4, -0.2) is 48.1 Å². The van der Waals surface area contributed by atoms with Crippen molar-refractivity contribution in [3.05, 3.63) is 78.0 Å². The molecule has 1 aliphatic heterocycles.